The Labute approximate surface area is 118 Å². The fraction of sp³-hybridized carbons (Fsp3) is 0.429. The Bertz CT molecular complexity index is 448. The van der Waals surface area contributed by atoms with Crippen molar-refractivity contribution in [3.8, 4) is 0 Å². The minimum absolute atomic E-state index is 0.252. The van der Waals surface area contributed by atoms with Crippen LogP contribution in [0.4, 0.5) is 0 Å². The van der Waals surface area contributed by atoms with Gasteiger partial charge in [0.05, 0.1) is 0 Å². The number of aliphatic hydroxyl groups is 1. The second-order valence-corrected chi connectivity index (χ2v) is 4.77. The third-order valence-electron chi connectivity index (χ3n) is 2.80. The maximum Gasteiger partial charge on any atom is 0.323 e. The Morgan fingerprint density at radius 3 is 2.25 bits per heavy atom. The standard InChI is InChI=1S/C14H20N2O4/c1-15(2)8-9-16(10-12(17)18)14(20)13(19)11-6-4-3-5-7-11/h3-7,13,19H,8-10H2,1-2H3,(H,17,18). The van der Waals surface area contributed by atoms with E-state index in [1.807, 2.05) is 19.0 Å². The lowest BCUT2D eigenvalue weighted by Gasteiger charge is -2.25. The molecule has 0 aliphatic rings. The maximum absolute atomic E-state index is 12.2. The number of aliphatic hydroxyl groups excluding tert-OH is 1. The van der Waals surface area contributed by atoms with Gasteiger partial charge < -0.3 is 20.0 Å². The number of rotatable bonds is 7. The van der Waals surface area contributed by atoms with Crippen molar-refractivity contribution in [2.24, 2.45) is 0 Å². The summed E-state index contributed by atoms with van der Waals surface area (Å²) in [5.41, 5.74) is 0.456. The normalized spacial score (nSPS) is 12.2. The minimum Gasteiger partial charge on any atom is -0.480 e. The maximum atomic E-state index is 12.2. The number of likely N-dealkylation sites (N-methyl/N-ethyl adjacent to an activating group) is 1. The number of hydrogen-bond donors (Lipinski definition) is 2. The van der Waals surface area contributed by atoms with E-state index in [1.165, 1.54) is 0 Å². The Morgan fingerprint density at radius 1 is 1.15 bits per heavy atom. The Kier molecular flexibility index (Phi) is 6.14. The molecule has 0 aliphatic heterocycles. The van der Waals surface area contributed by atoms with Crippen molar-refractivity contribution in [3.63, 3.8) is 0 Å². The first-order valence-electron chi connectivity index (χ1n) is 6.30. The second kappa shape index (κ2) is 7.62. The number of amides is 1. The van der Waals surface area contributed by atoms with Crippen molar-refractivity contribution in [2.75, 3.05) is 33.7 Å². The molecule has 0 fully saturated rings. The van der Waals surface area contributed by atoms with Crippen LogP contribution < -0.4 is 0 Å². The van der Waals surface area contributed by atoms with E-state index in [1.54, 1.807) is 30.3 Å². The molecule has 110 valence electrons. The van der Waals surface area contributed by atoms with E-state index >= 15 is 0 Å². The minimum atomic E-state index is -1.34. The molecule has 2 N–H and O–H groups in total. The fourth-order valence-corrected chi connectivity index (χ4v) is 1.70. The van der Waals surface area contributed by atoms with Crippen LogP contribution in [0.3, 0.4) is 0 Å². The first-order valence-corrected chi connectivity index (χ1v) is 6.30. The van der Waals surface area contributed by atoms with Gasteiger partial charge >= 0.3 is 5.97 Å². The molecule has 0 spiro atoms. The lowest BCUT2D eigenvalue weighted by atomic mass is 10.1. The van der Waals surface area contributed by atoms with Crippen molar-refractivity contribution in [1.29, 1.82) is 0 Å². The van der Waals surface area contributed by atoms with Crippen molar-refractivity contribution >= 4 is 11.9 Å². The Balaban J connectivity index is 2.78. The van der Waals surface area contributed by atoms with Gasteiger partial charge in [0.1, 0.15) is 6.54 Å². The number of carbonyl (C=O) groups is 2. The van der Waals surface area contributed by atoms with E-state index in [0.29, 0.717) is 12.1 Å². The van der Waals surface area contributed by atoms with Crippen molar-refractivity contribution in [3.05, 3.63) is 35.9 Å². The van der Waals surface area contributed by atoms with Gasteiger partial charge in [0, 0.05) is 13.1 Å². The summed E-state index contributed by atoms with van der Waals surface area (Å²) in [6.45, 7) is 0.360. The average Bonchev–Trinajstić information content (AvgIpc) is 2.42. The van der Waals surface area contributed by atoms with Gasteiger partial charge in [-0.15, -0.1) is 0 Å². The summed E-state index contributed by atoms with van der Waals surface area (Å²) in [5, 5.41) is 18.9. The average molecular weight is 280 g/mol. The molecular weight excluding hydrogens is 260 g/mol. The van der Waals surface area contributed by atoms with Crippen LogP contribution in [0.1, 0.15) is 11.7 Å². The van der Waals surface area contributed by atoms with Gasteiger partial charge in [-0.25, -0.2) is 0 Å². The summed E-state index contributed by atoms with van der Waals surface area (Å²) >= 11 is 0. The van der Waals surface area contributed by atoms with Gasteiger partial charge in [-0.2, -0.15) is 0 Å². The number of aliphatic carboxylic acids is 1. The van der Waals surface area contributed by atoms with E-state index in [9.17, 15) is 14.7 Å². The first kappa shape index (κ1) is 16.1. The van der Waals surface area contributed by atoms with Crippen LogP contribution in [-0.2, 0) is 9.59 Å². The fourth-order valence-electron chi connectivity index (χ4n) is 1.70. The molecule has 0 saturated heterocycles. The predicted octanol–water partition coefficient (Wildman–Crippen LogP) is 0.195. The van der Waals surface area contributed by atoms with Gasteiger partial charge in [-0.3, -0.25) is 9.59 Å². The smallest absolute Gasteiger partial charge is 0.323 e. The van der Waals surface area contributed by atoms with Crippen LogP contribution in [0.2, 0.25) is 0 Å². The van der Waals surface area contributed by atoms with Crippen LogP contribution in [0.15, 0.2) is 30.3 Å². The zero-order chi connectivity index (χ0) is 15.1. The van der Waals surface area contributed by atoms with Gasteiger partial charge in [0.15, 0.2) is 6.10 Å². The van der Waals surface area contributed by atoms with E-state index in [-0.39, 0.29) is 6.54 Å². The van der Waals surface area contributed by atoms with Crippen LogP contribution in [0, 0.1) is 0 Å². The van der Waals surface area contributed by atoms with Crippen LogP contribution in [0.5, 0.6) is 0 Å². The van der Waals surface area contributed by atoms with Gasteiger partial charge in [-0.1, -0.05) is 30.3 Å². The molecule has 1 aromatic rings. The van der Waals surface area contributed by atoms with Crippen molar-refractivity contribution < 1.29 is 19.8 Å². The summed E-state index contributed by atoms with van der Waals surface area (Å²) in [6.07, 6.45) is -1.34. The molecular formula is C14H20N2O4. The lowest BCUT2D eigenvalue weighted by Crippen LogP contribution is -2.42. The highest BCUT2D eigenvalue weighted by molar-refractivity contribution is 5.85. The number of hydrogen-bond acceptors (Lipinski definition) is 4. The third-order valence-corrected chi connectivity index (χ3v) is 2.80. The Hall–Kier alpha value is -1.92. The molecule has 6 nitrogen and oxygen atoms in total. The summed E-state index contributed by atoms with van der Waals surface area (Å²) in [5.74, 6) is -1.70. The monoisotopic (exact) mass is 280 g/mol. The molecule has 1 amide bonds. The molecule has 0 bridgehead atoms. The molecule has 0 heterocycles. The molecule has 6 heteroatoms. The quantitative estimate of drug-likeness (QED) is 0.745. The molecule has 0 aliphatic carbocycles. The van der Waals surface area contributed by atoms with Gasteiger partial charge in [0.25, 0.3) is 5.91 Å². The summed E-state index contributed by atoms with van der Waals surface area (Å²) in [6, 6.07) is 8.48. The number of carboxylic acids is 1. The molecule has 0 aromatic heterocycles. The number of carboxylic acid groups (broad SMARTS) is 1. The SMILES string of the molecule is CN(C)CCN(CC(=O)O)C(=O)C(O)c1ccccc1. The predicted molar refractivity (Wildman–Crippen MR) is 74.2 cm³/mol. The highest BCUT2D eigenvalue weighted by Crippen LogP contribution is 2.15. The zero-order valence-corrected chi connectivity index (χ0v) is 11.7. The third kappa shape index (κ3) is 4.99. The summed E-state index contributed by atoms with van der Waals surface area (Å²) in [4.78, 5) is 26.0. The van der Waals surface area contributed by atoms with Crippen molar-refractivity contribution in [1.82, 2.24) is 9.80 Å². The number of carbonyl (C=O) groups excluding carboxylic acids is 1. The second-order valence-electron chi connectivity index (χ2n) is 4.77. The molecule has 0 saturated carbocycles. The van der Waals surface area contributed by atoms with Crippen LogP contribution >= 0.6 is 0 Å². The largest absolute Gasteiger partial charge is 0.480 e. The molecule has 1 atom stereocenters. The topological polar surface area (TPSA) is 81.1 Å². The highest BCUT2D eigenvalue weighted by atomic mass is 16.4. The number of nitrogens with zero attached hydrogens (tertiary/aromatic N) is 2. The van der Waals surface area contributed by atoms with E-state index in [2.05, 4.69) is 0 Å². The van der Waals surface area contributed by atoms with Crippen LogP contribution in [0.25, 0.3) is 0 Å². The molecule has 1 aromatic carbocycles. The van der Waals surface area contributed by atoms with Gasteiger partial charge in [0.2, 0.25) is 0 Å². The lowest BCUT2D eigenvalue weighted by molar-refractivity contribution is -0.149. The van der Waals surface area contributed by atoms with E-state index < -0.39 is 24.5 Å². The molecule has 1 rings (SSSR count). The van der Waals surface area contributed by atoms with Crippen molar-refractivity contribution in [2.45, 2.75) is 6.10 Å². The first-order chi connectivity index (χ1) is 9.41. The molecule has 0 radical (unpaired) electrons. The highest BCUT2D eigenvalue weighted by Gasteiger charge is 2.25. The molecule has 20 heavy (non-hydrogen) atoms. The molecule has 1 unspecified atom stereocenters. The van der Waals surface area contributed by atoms with E-state index in [4.69, 9.17) is 5.11 Å². The zero-order valence-electron chi connectivity index (χ0n) is 11.7. The van der Waals surface area contributed by atoms with E-state index in [0.717, 1.165) is 4.90 Å². The van der Waals surface area contributed by atoms with Gasteiger partial charge in [-0.05, 0) is 19.7 Å². The Morgan fingerprint density at radius 2 is 1.75 bits per heavy atom. The number of benzene rings is 1. The summed E-state index contributed by atoms with van der Waals surface area (Å²) in [7, 11) is 3.66. The van der Waals surface area contributed by atoms with Crippen LogP contribution in [-0.4, -0.2) is 65.6 Å². The summed E-state index contributed by atoms with van der Waals surface area (Å²) < 4.78 is 0.